The number of hydrogen-bond acceptors (Lipinski definition) is 8. The summed E-state index contributed by atoms with van der Waals surface area (Å²) in [6.07, 6.45) is 1.77. The fourth-order valence-electron chi connectivity index (χ4n) is 2.65. The van der Waals surface area contributed by atoms with E-state index in [4.69, 9.17) is 4.74 Å². The predicted molar refractivity (Wildman–Crippen MR) is 124 cm³/mol. The largest absolute Gasteiger partial charge is 0.485 e. The van der Waals surface area contributed by atoms with E-state index < -0.39 is 0 Å². The van der Waals surface area contributed by atoms with Crippen LogP contribution in [-0.2, 0) is 17.9 Å². The van der Waals surface area contributed by atoms with Gasteiger partial charge in [-0.1, -0.05) is 55.2 Å². The molecule has 164 valence electrons. The summed E-state index contributed by atoms with van der Waals surface area (Å²) in [5.74, 6) is 1.79. The Morgan fingerprint density at radius 3 is 2.81 bits per heavy atom. The first-order valence-corrected chi connectivity index (χ1v) is 11.7. The maximum absolute atomic E-state index is 12.3. The van der Waals surface area contributed by atoms with Gasteiger partial charge in [0.25, 0.3) is 0 Å². The van der Waals surface area contributed by atoms with E-state index in [1.54, 1.807) is 6.08 Å². The van der Waals surface area contributed by atoms with Crippen LogP contribution in [0.25, 0.3) is 0 Å². The number of aromatic nitrogens is 5. The molecule has 10 heteroatoms. The smallest absolute Gasteiger partial charge is 0.236 e. The lowest BCUT2D eigenvalue weighted by molar-refractivity contribution is -0.113. The molecule has 0 aliphatic rings. The molecule has 0 aliphatic carbocycles. The van der Waals surface area contributed by atoms with Crippen LogP contribution in [0.15, 0.2) is 36.0 Å². The summed E-state index contributed by atoms with van der Waals surface area (Å²) in [4.78, 5) is 12.3. The lowest BCUT2D eigenvalue weighted by Gasteiger charge is -2.11. The molecular weight excluding hydrogens is 432 g/mol. The lowest BCUT2D eigenvalue weighted by atomic mass is 10.1. The summed E-state index contributed by atoms with van der Waals surface area (Å²) < 4.78 is 7.87. The van der Waals surface area contributed by atoms with Gasteiger partial charge in [-0.3, -0.25) is 14.7 Å². The lowest BCUT2D eigenvalue weighted by Crippen LogP contribution is -2.15. The number of aryl methyl sites for hydroxylation is 2. The molecule has 8 nitrogen and oxygen atoms in total. The minimum Gasteiger partial charge on any atom is -0.485 e. The van der Waals surface area contributed by atoms with Crippen molar-refractivity contribution in [3.8, 4) is 5.75 Å². The topological polar surface area (TPSA) is 94.8 Å². The molecule has 3 aromatic rings. The van der Waals surface area contributed by atoms with Gasteiger partial charge in [-0.15, -0.1) is 27.0 Å². The third-order valence-corrected chi connectivity index (χ3v) is 6.42. The molecule has 1 amide bonds. The number of nitrogens with one attached hydrogen (secondary N) is 1. The van der Waals surface area contributed by atoms with E-state index in [0.717, 1.165) is 21.9 Å². The first-order chi connectivity index (χ1) is 14.9. The molecular formula is C21H26N6O2S2. The van der Waals surface area contributed by atoms with Gasteiger partial charge in [0.2, 0.25) is 11.0 Å². The number of ether oxygens (including phenoxy) is 1. The number of anilines is 1. The summed E-state index contributed by atoms with van der Waals surface area (Å²) in [6.45, 7) is 12.7. The van der Waals surface area contributed by atoms with E-state index >= 15 is 0 Å². The van der Waals surface area contributed by atoms with E-state index in [-0.39, 0.29) is 24.2 Å². The number of carbonyl (C=O) groups excluding carboxylic acids is 1. The van der Waals surface area contributed by atoms with Gasteiger partial charge < -0.3 is 4.74 Å². The zero-order valence-electron chi connectivity index (χ0n) is 18.1. The molecule has 0 saturated carbocycles. The van der Waals surface area contributed by atoms with Crippen molar-refractivity contribution in [2.24, 2.45) is 0 Å². The van der Waals surface area contributed by atoms with Crippen molar-refractivity contribution in [3.63, 3.8) is 0 Å². The number of carbonyl (C=O) groups is 1. The van der Waals surface area contributed by atoms with Gasteiger partial charge in [-0.2, -0.15) is 0 Å². The number of amides is 1. The van der Waals surface area contributed by atoms with E-state index in [0.29, 0.717) is 22.7 Å². The molecule has 2 heterocycles. The fourth-order valence-corrected chi connectivity index (χ4v) is 4.18. The maximum atomic E-state index is 12.3. The Kier molecular flexibility index (Phi) is 7.80. The van der Waals surface area contributed by atoms with Crippen molar-refractivity contribution in [3.05, 3.63) is 52.8 Å². The Bertz CT molecular complexity index is 1060. The van der Waals surface area contributed by atoms with Gasteiger partial charge in [0.05, 0.1) is 5.75 Å². The predicted octanol–water partition coefficient (Wildman–Crippen LogP) is 4.37. The van der Waals surface area contributed by atoms with Crippen LogP contribution in [-0.4, -0.2) is 36.6 Å². The molecule has 0 atom stereocenters. The molecule has 3 rings (SSSR count). The molecule has 0 spiro atoms. The van der Waals surface area contributed by atoms with Crippen molar-refractivity contribution in [2.75, 3.05) is 11.1 Å². The van der Waals surface area contributed by atoms with Crippen LogP contribution in [0, 0.1) is 13.8 Å². The highest BCUT2D eigenvalue weighted by molar-refractivity contribution is 7.99. The number of benzene rings is 1. The van der Waals surface area contributed by atoms with Gasteiger partial charge in [0.1, 0.15) is 17.4 Å². The SMILES string of the molecule is C=CCn1c(COc2cc(C)ccc2C)nnc1SCC(=O)Nc1nnc(C(C)C)s1. The molecule has 0 fully saturated rings. The Labute approximate surface area is 190 Å². The Morgan fingerprint density at radius 1 is 1.29 bits per heavy atom. The quantitative estimate of drug-likeness (QED) is 0.356. The minimum absolute atomic E-state index is 0.169. The first kappa shape index (κ1) is 23.0. The summed E-state index contributed by atoms with van der Waals surface area (Å²) in [5.41, 5.74) is 2.19. The number of thioether (sulfide) groups is 1. The van der Waals surface area contributed by atoms with Crippen LogP contribution in [0.1, 0.15) is 41.7 Å². The maximum Gasteiger partial charge on any atom is 0.236 e. The van der Waals surface area contributed by atoms with E-state index in [1.807, 2.05) is 50.5 Å². The van der Waals surface area contributed by atoms with Gasteiger partial charge >= 0.3 is 0 Å². The van der Waals surface area contributed by atoms with Crippen LogP contribution in [0.5, 0.6) is 5.75 Å². The third-order valence-electron chi connectivity index (χ3n) is 4.32. The third kappa shape index (κ3) is 6.14. The molecule has 0 saturated heterocycles. The minimum atomic E-state index is -0.169. The number of allylic oxidation sites excluding steroid dienone is 1. The second kappa shape index (κ2) is 10.5. The second-order valence-corrected chi connectivity index (χ2v) is 9.24. The Morgan fingerprint density at radius 2 is 2.10 bits per heavy atom. The molecule has 0 aliphatic heterocycles. The number of hydrogen-bond donors (Lipinski definition) is 1. The second-order valence-electron chi connectivity index (χ2n) is 7.29. The fraction of sp³-hybridized carbons (Fsp3) is 0.381. The summed E-state index contributed by atoms with van der Waals surface area (Å²) in [7, 11) is 0. The van der Waals surface area contributed by atoms with Crippen LogP contribution < -0.4 is 10.1 Å². The van der Waals surface area contributed by atoms with Crippen molar-refractivity contribution in [1.82, 2.24) is 25.0 Å². The van der Waals surface area contributed by atoms with Crippen molar-refractivity contribution >= 4 is 34.1 Å². The van der Waals surface area contributed by atoms with Crippen LogP contribution in [0.3, 0.4) is 0 Å². The molecule has 31 heavy (non-hydrogen) atoms. The zero-order chi connectivity index (χ0) is 22.4. The molecule has 0 bridgehead atoms. The number of rotatable bonds is 10. The first-order valence-electron chi connectivity index (χ1n) is 9.86. The monoisotopic (exact) mass is 458 g/mol. The number of nitrogens with zero attached hydrogens (tertiary/aromatic N) is 5. The van der Waals surface area contributed by atoms with Crippen molar-refractivity contribution in [1.29, 1.82) is 0 Å². The zero-order valence-corrected chi connectivity index (χ0v) is 19.7. The van der Waals surface area contributed by atoms with Gasteiger partial charge in [-0.25, -0.2) is 0 Å². The normalized spacial score (nSPS) is 11.0. The standard InChI is InChI=1S/C21H26N6O2S2/c1-6-9-27-17(11-29-16-10-14(4)7-8-15(16)5)23-26-21(27)30-12-18(28)22-20-25-24-19(31-20)13(2)3/h6-8,10,13H,1,9,11-12H2,2-5H3,(H,22,25,28). The highest BCUT2D eigenvalue weighted by Gasteiger charge is 2.16. The molecule has 0 unspecified atom stereocenters. The average Bonchev–Trinajstić information content (AvgIpc) is 3.35. The van der Waals surface area contributed by atoms with Gasteiger partial charge in [0.15, 0.2) is 11.0 Å². The summed E-state index contributed by atoms with van der Waals surface area (Å²) in [5, 5.41) is 21.4. The van der Waals surface area contributed by atoms with E-state index in [2.05, 4.69) is 32.3 Å². The molecule has 1 N–H and O–H groups in total. The van der Waals surface area contributed by atoms with Crippen molar-refractivity contribution in [2.45, 2.75) is 51.9 Å². The van der Waals surface area contributed by atoms with Crippen molar-refractivity contribution < 1.29 is 9.53 Å². The highest BCUT2D eigenvalue weighted by atomic mass is 32.2. The van der Waals surface area contributed by atoms with Crippen LogP contribution in [0.4, 0.5) is 5.13 Å². The highest BCUT2D eigenvalue weighted by Crippen LogP contribution is 2.24. The average molecular weight is 459 g/mol. The molecule has 0 radical (unpaired) electrons. The van der Waals surface area contributed by atoms with E-state index in [1.165, 1.54) is 23.1 Å². The van der Waals surface area contributed by atoms with Gasteiger partial charge in [-0.05, 0) is 31.0 Å². The Balaban J connectivity index is 1.62. The summed E-state index contributed by atoms with van der Waals surface area (Å²) >= 11 is 2.69. The molecule has 1 aromatic carbocycles. The van der Waals surface area contributed by atoms with Crippen LogP contribution >= 0.6 is 23.1 Å². The van der Waals surface area contributed by atoms with E-state index in [9.17, 15) is 4.79 Å². The van der Waals surface area contributed by atoms with Gasteiger partial charge in [0, 0.05) is 12.5 Å². The van der Waals surface area contributed by atoms with Crippen LogP contribution in [0.2, 0.25) is 0 Å². The summed E-state index contributed by atoms with van der Waals surface area (Å²) in [6, 6.07) is 6.08. The molecule has 2 aromatic heterocycles. The Hall–Kier alpha value is -2.72.